The lowest BCUT2D eigenvalue weighted by atomic mass is 9.84. The van der Waals surface area contributed by atoms with Gasteiger partial charge in [-0.2, -0.15) is 0 Å². The molecular formula is C26H30N6O3. The lowest BCUT2D eigenvalue weighted by Crippen LogP contribution is -2.58. The van der Waals surface area contributed by atoms with Gasteiger partial charge in [-0.1, -0.05) is 6.07 Å². The average molecular weight is 475 g/mol. The Morgan fingerprint density at radius 2 is 1.74 bits per heavy atom. The van der Waals surface area contributed by atoms with Gasteiger partial charge in [-0.05, 0) is 63.3 Å². The molecule has 0 saturated carbocycles. The zero-order valence-corrected chi connectivity index (χ0v) is 20.3. The standard InChI is InChI=1S/C26H30N6O3/c1-25-6-7-26(2,31-25)13-18(12-25)32(3)22-15-27-23(30-29-22)19-5-4-16(10-20(19)33)17-11-21-24(28-14-17)35-9-8-34-21/h4-5,10-11,14-15,18,31,33H,6-9,12-13H2,1-3H3/t18?,25-,26+. The molecule has 2 aromatic heterocycles. The number of hydrogen-bond donors (Lipinski definition) is 2. The second kappa shape index (κ2) is 8.05. The number of rotatable bonds is 4. The largest absolute Gasteiger partial charge is 0.507 e. The number of nitrogens with one attached hydrogen (secondary N) is 1. The number of fused-ring (bicyclic) bond motifs is 3. The van der Waals surface area contributed by atoms with Crippen LogP contribution in [0, 0.1) is 0 Å². The van der Waals surface area contributed by atoms with Crippen molar-refractivity contribution in [2.75, 3.05) is 25.2 Å². The molecule has 9 nitrogen and oxygen atoms in total. The number of pyridine rings is 1. The van der Waals surface area contributed by atoms with E-state index in [9.17, 15) is 5.11 Å². The van der Waals surface area contributed by atoms with Crippen molar-refractivity contribution in [2.45, 2.75) is 56.7 Å². The number of aromatic nitrogens is 4. The molecule has 1 aromatic carbocycles. The van der Waals surface area contributed by atoms with E-state index in [0.29, 0.717) is 42.3 Å². The van der Waals surface area contributed by atoms with Gasteiger partial charge in [0.25, 0.3) is 5.88 Å². The van der Waals surface area contributed by atoms with Gasteiger partial charge in [-0.3, -0.25) is 0 Å². The summed E-state index contributed by atoms with van der Waals surface area (Å²) >= 11 is 0. The summed E-state index contributed by atoms with van der Waals surface area (Å²) in [5.74, 6) is 2.30. The Hall–Kier alpha value is -3.46. The minimum absolute atomic E-state index is 0.0797. The predicted octanol–water partition coefficient (Wildman–Crippen LogP) is 3.58. The van der Waals surface area contributed by atoms with Crippen molar-refractivity contribution in [2.24, 2.45) is 0 Å². The number of benzene rings is 1. The molecule has 3 aliphatic rings. The summed E-state index contributed by atoms with van der Waals surface area (Å²) < 4.78 is 11.1. The van der Waals surface area contributed by atoms with Gasteiger partial charge in [0.2, 0.25) is 0 Å². The lowest BCUT2D eigenvalue weighted by molar-refractivity contribution is 0.164. The van der Waals surface area contributed by atoms with E-state index in [-0.39, 0.29) is 16.8 Å². The molecular weight excluding hydrogens is 444 g/mol. The Morgan fingerprint density at radius 3 is 2.46 bits per heavy atom. The van der Waals surface area contributed by atoms with E-state index < -0.39 is 0 Å². The fourth-order valence-corrected chi connectivity index (χ4v) is 5.83. The first kappa shape index (κ1) is 22.0. The third kappa shape index (κ3) is 4.03. The highest BCUT2D eigenvalue weighted by molar-refractivity contribution is 5.73. The smallest absolute Gasteiger partial charge is 0.257 e. The molecule has 0 aliphatic carbocycles. The number of anilines is 1. The summed E-state index contributed by atoms with van der Waals surface area (Å²) in [6, 6.07) is 7.62. The maximum Gasteiger partial charge on any atom is 0.257 e. The third-order valence-electron chi connectivity index (χ3n) is 7.63. The van der Waals surface area contributed by atoms with E-state index in [0.717, 1.165) is 29.8 Å². The number of hydrogen-bond acceptors (Lipinski definition) is 9. The number of ether oxygens (including phenoxy) is 2. The molecule has 9 heteroatoms. The Kier molecular flexibility index (Phi) is 5.07. The molecule has 1 unspecified atom stereocenters. The van der Waals surface area contributed by atoms with Crippen LogP contribution in [0.5, 0.6) is 17.4 Å². The molecule has 182 valence electrons. The lowest BCUT2D eigenvalue weighted by Gasteiger charge is -2.45. The van der Waals surface area contributed by atoms with Gasteiger partial charge in [-0.25, -0.2) is 9.97 Å². The monoisotopic (exact) mass is 474 g/mol. The van der Waals surface area contributed by atoms with Crippen LogP contribution in [0.15, 0.2) is 36.7 Å². The number of phenolic OH excluding ortho intramolecular Hbond substituents is 1. The third-order valence-corrected chi connectivity index (χ3v) is 7.63. The van der Waals surface area contributed by atoms with E-state index in [2.05, 4.69) is 51.3 Å². The summed E-state index contributed by atoms with van der Waals surface area (Å²) in [6.07, 6.45) is 8.00. The highest BCUT2D eigenvalue weighted by Gasteiger charge is 2.49. The molecule has 3 aromatic rings. The molecule has 0 amide bonds. The van der Waals surface area contributed by atoms with Gasteiger partial charge in [0.15, 0.2) is 17.4 Å². The van der Waals surface area contributed by atoms with Crippen LogP contribution in [0.3, 0.4) is 0 Å². The summed E-state index contributed by atoms with van der Waals surface area (Å²) in [5.41, 5.74) is 2.51. The SMILES string of the molecule is CN(c1cnc(-c2ccc(-c3cnc4c(c3)OCCO4)cc2O)nn1)C1C[C@]2(C)CC[C@](C)(C1)N2. The average Bonchev–Trinajstić information content (AvgIpc) is 3.09. The van der Waals surface area contributed by atoms with Gasteiger partial charge < -0.3 is 24.8 Å². The fourth-order valence-electron chi connectivity index (χ4n) is 5.83. The number of phenols is 1. The maximum atomic E-state index is 10.7. The fraction of sp³-hybridized carbons (Fsp3) is 0.462. The summed E-state index contributed by atoms with van der Waals surface area (Å²) in [7, 11) is 2.07. The van der Waals surface area contributed by atoms with Crippen molar-refractivity contribution in [3.05, 3.63) is 36.7 Å². The Balaban J connectivity index is 1.21. The molecule has 5 heterocycles. The van der Waals surface area contributed by atoms with Gasteiger partial charge in [0, 0.05) is 35.9 Å². The molecule has 0 spiro atoms. The number of aromatic hydroxyl groups is 1. The maximum absolute atomic E-state index is 10.7. The second-order valence-electron chi connectivity index (χ2n) is 10.5. The van der Waals surface area contributed by atoms with E-state index in [1.165, 1.54) is 12.8 Å². The first-order valence-electron chi connectivity index (χ1n) is 12.1. The van der Waals surface area contributed by atoms with E-state index in [4.69, 9.17) is 9.47 Å². The van der Waals surface area contributed by atoms with Crippen molar-refractivity contribution in [3.8, 4) is 39.9 Å². The van der Waals surface area contributed by atoms with Crippen LogP contribution in [0.2, 0.25) is 0 Å². The van der Waals surface area contributed by atoms with Gasteiger partial charge in [0.05, 0.1) is 11.8 Å². The highest BCUT2D eigenvalue weighted by atomic mass is 16.6. The topological polar surface area (TPSA) is 106 Å². The molecule has 2 saturated heterocycles. The minimum atomic E-state index is 0.0797. The minimum Gasteiger partial charge on any atom is -0.507 e. The van der Waals surface area contributed by atoms with Crippen LogP contribution in [-0.4, -0.2) is 62.7 Å². The van der Waals surface area contributed by atoms with Crippen LogP contribution in [0.1, 0.15) is 39.5 Å². The molecule has 2 bridgehead atoms. The zero-order valence-electron chi connectivity index (χ0n) is 20.3. The van der Waals surface area contributed by atoms with Crippen LogP contribution < -0.4 is 19.7 Å². The van der Waals surface area contributed by atoms with Crippen molar-refractivity contribution in [3.63, 3.8) is 0 Å². The van der Waals surface area contributed by atoms with E-state index in [1.54, 1.807) is 24.5 Å². The highest BCUT2D eigenvalue weighted by Crippen LogP contribution is 2.44. The molecule has 0 radical (unpaired) electrons. The van der Waals surface area contributed by atoms with Gasteiger partial charge >= 0.3 is 0 Å². The predicted molar refractivity (Wildman–Crippen MR) is 132 cm³/mol. The van der Waals surface area contributed by atoms with Gasteiger partial charge in [-0.15, -0.1) is 10.2 Å². The van der Waals surface area contributed by atoms with Crippen LogP contribution >= 0.6 is 0 Å². The Bertz CT molecular complexity index is 1250. The van der Waals surface area contributed by atoms with Crippen LogP contribution in [0.4, 0.5) is 5.82 Å². The summed E-state index contributed by atoms with van der Waals surface area (Å²) in [5, 5.41) is 23.4. The molecule has 2 N–H and O–H groups in total. The van der Waals surface area contributed by atoms with Crippen LogP contribution in [0.25, 0.3) is 22.5 Å². The summed E-state index contributed by atoms with van der Waals surface area (Å²) in [4.78, 5) is 11.1. The molecule has 35 heavy (non-hydrogen) atoms. The second-order valence-corrected chi connectivity index (χ2v) is 10.5. The van der Waals surface area contributed by atoms with Crippen molar-refractivity contribution >= 4 is 5.82 Å². The van der Waals surface area contributed by atoms with Gasteiger partial charge in [0.1, 0.15) is 19.0 Å². The van der Waals surface area contributed by atoms with Crippen molar-refractivity contribution in [1.29, 1.82) is 0 Å². The zero-order chi connectivity index (χ0) is 24.2. The Morgan fingerprint density at radius 1 is 0.971 bits per heavy atom. The van der Waals surface area contributed by atoms with E-state index in [1.807, 2.05) is 12.1 Å². The quantitative estimate of drug-likeness (QED) is 0.587. The van der Waals surface area contributed by atoms with Crippen molar-refractivity contribution < 1.29 is 14.6 Å². The van der Waals surface area contributed by atoms with Crippen molar-refractivity contribution in [1.82, 2.24) is 25.5 Å². The Labute approximate surface area is 204 Å². The summed E-state index contributed by atoms with van der Waals surface area (Å²) in [6.45, 7) is 5.62. The van der Waals surface area contributed by atoms with Crippen LogP contribution in [-0.2, 0) is 0 Å². The molecule has 3 atom stereocenters. The first-order chi connectivity index (χ1) is 16.8. The van der Waals surface area contributed by atoms with E-state index >= 15 is 0 Å². The normalized spacial score (nSPS) is 27.0. The first-order valence-corrected chi connectivity index (χ1v) is 12.1. The molecule has 3 aliphatic heterocycles. The molecule has 6 rings (SSSR count). The number of piperidine rings is 1. The number of nitrogens with zero attached hydrogens (tertiary/aromatic N) is 5. The molecule has 2 fully saturated rings.